The van der Waals surface area contributed by atoms with Crippen molar-refractivity contribution in [1.29, 1.82) is 0 Å². The van der Waals surface area contributed by atoms with E-state index in [1.807, 2.05) is 18.2 Å². The van der Waals surface area contributed by atoms with Crippen molar-refractivity contribution in [1.82, 2.24) is 4.90 Å². The highest BCUT2D eigenvalue weighted by molar-refractivity contribution is 5.89. The molecule has 0 atom stereocenters. The van der Waals surface area contributed by atoms with Crippen molar-refractivity contribution in [2.24, 2.45) is 0 Å². The van der Waals surface area contributed by atoms with Gasteiger partial charge >= 0.3 is 0 Å². The van der Waals surface area contributed by atoms with Crippen LogP contribution in [0.5, 0.6) is 0 Å². The van der Waals surface area contributed by atoms with Crippen LogP contribution < -0.4 is 0 Å². The smallest absolute Gasteiger partial charge is 0.233 e. The van der Waals surface area contributed by atoms with Gasteiger partial charge in [0.25, 0.3) is 0 Å². The normalized spacial score (nSPS) is 22.2. The van der Waals surface area contributed by atoms with Crippen molar-refractivity contribution in [3.63, 3.8) is 0 Å². The molecule has 2 nitrogen and oxygen atoms in total. The summed E-state index contributed by atoms with van der Waals surface area (Å²) in [4.78, 5) is 14.8. The standard InChI is InChI=1S/C15H19NO/c17-14(16-11-4-5-12-16)15(9-6-10-15)13-7-2-1-3-8-13/h1-3,7-8H,4-6,9-12H2. The molecule has 0 radical (unpaired) electrons. The first kappa shape index (κ1) is 10.8. The monoisotopic (exact) mass is 229 g/mol. The molecule has 1 aromatic carbocycles. The molecule has 1 heterocycles. The molecule has 1 saturated carbocycles. The van der Waals surface area contributed by atoms with Crippen LogP contribution in [0.4, 0.5) is 0 Å². The van der Waals surface area contributed by atoms with E-state index in [1.54, 1.807) is 0 Å². The largest absolute Gasteiger partial charge is 0.342 e. The molecule has 2 fully saturated rings. The molecule has 2 heteroatoms. The molecule has 1 saturated heterocycles. The van der Waals surface area contributed by atoms with Gasteiger partial charge in [0.15, 0.2) is 0 Å². The van der Waals surface area contributed by atoms with Gasteiger partial charge < -0.3 is 4.90 Å². The Balaban J connectivity index is 1.89. The van der Waals surface area contributed by atoms with Gasteiger partial charge in [-0.3, -0.25) is 4.79 Å². The number of likely N-dealkylation sites (tertiary alicyclic amines) is 1. The van der Waals surface area contributed by atoms with Gasteiger partial charge in [0.1, 0.15) is 0 Å². The average Bonchev–Trinajstić information content (AvgIpc) is 2.82. The van der Waals surface area contributed by atoms with Crippen molar-refractivity contribution in [3.8, 4) is 0 Å². The van der Waals surface area contributed by atoms with Gasteiger partial charge in [-0.05, 0) is 31.2 Å². The number of rotatable bonds is 2. The highest BCUT2D eigenvalue weighted by Gasteiger charge is 2.47. The second kappa shape index (κ2) is 4.17. The third-order valence-electron chi connectivity index (χ3n) is 4.34. The van der Waals surface area contributed by atoms with Crippen LogP contribution >= 0.6 is 0 Å². The Morgan fingerprint density at radius 1 is 1.00 bits per heavy atom. The molecule has 17 heavy (non-hydrogen) atoms. The van der Waals surface area contributed by atoms with E-state index >= 15 is 0 Å². The minimum Gasteiger partial charge on any atom is -0.342 e. The Bertz CT molecular complexity index is 402. The maximum atomic E-state index is 12.7. The number of benzene rings is 1. The minimum atomic E-state index is -0.175. The summed E-state index contributed by atoms with van der Waals surface area (Å²) in [6.45, 7) is 1.93. The lowest BCUT2D eigenvalue weighted by Gasteiger charge is -2.43. The first-order valence-corrected chi connectivity index (χ1v) is 6.68. The molecule has 1 aliphatic heterocycles. The summed E-state index contributed by atoms with van der Waals surface area (Å²) in [5.74, 6) is 0.382. The third-order valence-corrected chi connectivity index (χ3v) is 4.34. The topological polar surface area (TPSA) is 20.3 Å². The second-order valence-electron chi connectivity index (χ2n) is 5.30. The summed E-state index contributed by atoms with van der Waals surface area (Å²) >= 11 is 0. The fourth-order valence-corrected chi connectivity index (χ4v) is 3.14. The molecule has 1 aromatic rings. The van der Waals surface area contributed by atoms with Crippen molar-refractivity contribution in [3.05, 3.63) is 35.9 Å². The van der Waals surface area contributed by atoms with Gasteiger partial charge in [-0.25, -0.2) is 0 Å². The molecule has 1 amide bonds. The predicted molar refractivity (Wildman–Crippen MR) is 67.8 cm³/mol. The molecule has 3 rings (SSSR count). The maximum Gasteiger partial charge on any atom is 0.233 e. The lowest BCUT2D eigenvalue weighted by Crippen LogP contribution is -2.50. The molecule has 0 bridgehead atoms. The van der Waals surface area contributed by atoms with Gasteiger partial charge in [-0.2, -0.15) is 0 Å². The number of carbonyl (C=O) groups excluding carboxylic acids is 1. The Morgan fingerprint density at radius 3 is 2.18 bits per heavy atom. The number of carbonyl (C=O) groups is 1. The van der Waals surface area contributed by atoms with Crippen LogP contribution in [0.3, 0.4) is 0 Å². The third kappa shape index (κ3) is 1.67. The average molecular weight is 229 g/mol. The van der Waals surface area contributed by atoms with E-state index in [4.69, 9.17) is 0 Å². The van der Waals surface area contributed by atoms with Crippen LogP contribution in [0.25, 0.3) is 0 Å². The SMILES string of the molecule is O=C(N1CCCC1)C1(c2ccccc2)CCC1. The van der Waals surface area contributed by atoms with Gasteiger partial charge in [0.2, 0.25) is 5.91 Å². The van der Waals surface area contributed by atoms with Crippen LogP contribution in [0, 0.1) is 0 Å². The van der Waals surface area contributed by atoms with Crippen LogP contribution in [-0.4, -0.2) is 23.9 Å². The minimum absolute atomic E-state index is 0.175. The summed E-state index contributed by atoms with van der Waals surface area (Å²) in [5.41, 5.74) is 1.05. The summed E-state index contributed by atoms with van der Waals surface area (Å²) in [6, 6.07) is 10.4. The van der Waals surface area contributed by atoms with E-state index in [1.165, 1.54) is 24.8 Å². The molecule has 90 valence electrons. The van der Waals surface area contributed by atoms with Crippen LogP contribution in [0.2, 0.25) is 0 Å². The molecule has 0 N–H and O–H groups in total. The summed E-state index contributed by atoms with van der Waals surface area (Å²) in [6.07, 6.45) is 5.61. The Kier molecular flexibility index (Phi) is 2.65. The van der Waals surface area contributed by atoms with Gasteiger partial charge in [-0.15, -0.1) is 0 Å². The number of nitrogens with zero attached hydrogens (tertiary/aromatic N) is 1. The summed E-state index contributed by atoms with van der Waals surface area (Å²) in [7, 11) is 0. The fraction of sp³-hybridized carbons (Fsp3) is 0.533. The maximum absolute atomic E-state index is 12.7. The lowest BCUT2D eigenvalue weighted by atomic mass is 9.63. The molecular weight excluding hydrogens is 210 g/mol. The number of hydrogen-bond acceptors (Lipinski definition) is 1. The lowest BCUT2D eigenvalue weighted by molar-refractivity contribution is -0.139. The van der Waals surface area contributed by atoms with E-state index in [9.17, 15) is 4.79 Å². The Morgan fingerprint density at radius 2 is 1.65 bits per heavy atom. The van der Waals surface area contributed by atoms with E-state index in [-0.39, 0.29) is 5.41 Å². The number of hydrogen-bond donors (Lipinski definition) is 0. The van der Waals surface area contributed by atoms with Crippen molar-refractivity contribution < 1.29 is 4.79 Å². The van der Waals surface area contributed by atoms with Crippen molar-refractivity contribution >= 4 is 5.91 Å². The number of amides is 1. The van der Waals surface area contributed by atoms with Crippen LogP contribution in [-0.2, 0) is 10.2 Å². The first-order chi connectivity index (χ1) is 8.33. The first-order valence-electron chi connectivity index (χ1n) is 6.68. The molecule has 0 spiro atoms. The van der Waals surface area contributed by atoms with E-state index in [2.05, 4.69) is 17.0 Å². The van der Waals surface area contributed by atoms with E-state index < -0.39 is 0 Å². The zero-order valence-electron chi connectivity index (χ0n) is 10.2. The zero-order valence-corrected chi connectivity index (χ0v) is 10.2. The van der Waals surface area contributed by atoms with E-state index in [0.717, 1.165) is 25.9 Å². The second-order valence-corrected chi connectivity index (χ2v) is 5.30. The Hall–Kier alpha value is -1.31. The Labute approximate surface area is 103 Å². The molecule has 2 aliphatic rings. The van der Waals surface area contributed by atoms with Crippen molar-refractivity contribution in [2.45, 2.75) is 37.5 Å². The molecular formula is C15H19NO. The van der Waals surface area contributed by atoms with E-state index in [0.29, 0.717) is 5.91 Å². The fourth-order valence-electron chi connectivity index (χ4n) is 3.14. The van der Waals surface area contributed by atoms with Gasteiger partial charge in [-0.1, -0.05) is 36.8 Å². The molecule has 0 unspecified atom stereocenters. The van der Waals surface area contributed by atoms with Gasteiger partial charge in [0.05, 0.1) is 5.41 Å². The summed E-state index contributed by atoms with van der Waals surface area (Å²) in [5, 5.41) is 0. The predicted octanol–water partition coefficient (Wildman–Crippen LogP) is 2.73. The van der Waals surface area contributed by atoms with Crippen molar-refractivity contribution in [2.75, 3.05) is 13.1 Å². The van der Waals surface area contributed by atoms with Crippen LogP contribution in [0.15, 0.2) is 30.3 Å². The molecule has 1 aliphatic carbocycles. The zero-order chi connectivity index (χ0) is 11.7. The highest BCUT2D eigenvalue weighted by atomic mass is 16.2. The van der Waals surface area contributed by atoms with Crippen LogP contribution in [0.1, 0.15) is 37.7 Å². The quantitative estimate of drug-likeness (QED) is 0.763. The summed E-state index contributed by atoms with van der Waals surface area (Å²) < 4.78 is 0. The highest BCUT2D eigenvalue weighted by Crippen LogP contribution is 2.45. The van der Waals surface area contributed by atoms with Gasteiger partial charge in [0, 0.05) is 13.1 Å². The molecule has 0 aromatic heterocycles.